The molecule has 0 heterocycles. The lowest BCUT2D eigenvalue weighted by Gasteiger charge is -2.05. The molecule has 0 aromatic carbocycles. The second-order valence-corrected chi connectivity index (χ2v) is 3.50. The first-order valence-corrected chi connectivity index (χ1v) is 4.87. The maximum atomic E-state index is 11.1. The van der Waals surface area contributed by atoms with Crippen LogP contribution in [0.2, 0.25) is 0 Å². The average molecular weight is 185 g/mol. The molecule has 1 N–H and O–H groups in total. The van der Waals surface area contributed by atoms with Crippen LogP contribution in [0, 0.1) is 5.92 Å². The Morgan fingerprint density at radius 2 is 1.92 bits per heavy atom. The molecule has 0 spiro atoms. The van der Waals surface area contributed by atoms with Crippen LogP contribution in [0.15, 0.2) is 0 Å². The van der Waals surface area contributed by atoms with Gasteiger partial charge in [0, 0.05) is 12.3 Å². The SMILES string of the molecule is CCCCC(=O)NCC(=O)C(C)C. The van der Waals surface area contributed by atoms with Crippen molar-refractivity contribution in [2.75, 3.05) is 6.54 Å². The first-order chi connectivity index (χ1) is 6.07. The van der Waals surface area contributed by atoms with E-state index in [1.807, 2.05) is 20.8 Å². The second kappa shape index (κ2) is 6.63. The van der Waals surface area contributed by atoms with Crippen molar-refractivity contribution in [2.45, 2.75) is 40.0 Å². The molecule has 3 heteroatoms. The Bertz CT molecular complexity index is 176. The van der Waals surface area contributed by atoms with E-state index in [4.69, 9.17) is 0 Å². The largest absolute Gasteiger partial charge is 0.349 e. The van der Waals surface area contributed by atoms with Crippen molar-refractivity contribution in [1.82, 2.24) is 5.32 Å². The van der Waals surface area contributed by atoms with Gasteiger partial charge in [-0.05, 0) is 6.42 Å². The average Bonchev–Trinajstić information content (AvgIpc) is 2.10. The van der Waals surface area contributed by atoms with E-state index in [2.05, 4.69) is 5.32 Å². The van der Waals surface area contributed by atoms with Crippen LogP contribution >= 0.6 is 0 Å². The Kier molecular flexibility index (Phi) is 6.20. The molecule has 0 fully saturated rings. The van der Waals surface area contributed by atoms with Crippen molar-refractivity contribution in [3.8, 4) is 0 Å². The Labute approximate surface area is 79.9 Å². The molecule has 0 aliphatic carbocycles. The summed E-state index contributed by atoms with van der Waals surface area (Å²) in [6.45, 7) is 5.88. The third kappa shape index (κ3) is 6.31. The van der Waals surface area contributed by atoms with Gasteiger partial charge in [-0.1, -0.05) is 27.2 Å². The summed E-state index contributed by atoms with van der Waals surface area (Å²) in [5.74, 6) is 0.0761. The van der Waals surface area contributed by atoms with Crippen LogP contribution in [-0.2, 0) is 9.59 Å². The molecule has 0 aliphatic heterocycles. The van der Waals surface area contributed by atoms with E-state index < -0.39 is 0 Å². The van der Waals surface area contributed by atoms with Crippen molar-refractivity contribution < 1.29 is 9.59 Å². The molecule has 0 saturated carbocycles. The summed E-state index contributed by atoms with van der Waals surface area (Å²) in [6, 6.07) is 0. The summed E-state index contributed by atoms with van der Waals surface area (Å²) >= 11 is 0. The second-order valence-electron chi connectivity index (χ2n) is 3.50. The molecule has 1 amide bonds. The first-order valence-electron chi connectivity index (χ1n) is 4.87. The quantitative estimate of drug-likeness (QED) is 0.682. The molecule has 3 nitrogen and oxygen atoms in total. The molecule has 0 saturated heterocycles. The summed E-state index contributed by atoms with van der Waals surface area (Å²) in [5.41, 5.74) is 0. The third-order valence-corrected chi connectivity index (χ3v) is 1.86. The van der Waals surface area contributed by atoms with Crippen molar-refractivity contribution in [1.29, 1.82) is 0 Å². The first kappa shape index (κ1) is 12.1. The lowest BCUT2D eigenvalue weighted by molar-refractivity contribution is -0.126. The number of ketones is 1. The minimum atomic E-state index is -0.0177. The number of nitrogens with one attached hydrogen (secondary N) is 1. The standard InChI is InChI=1S/C10H19NO2/c1-4-5-6-10(13)11-7-9(12)8(2)3/h8H,4-7H2,1-3H3,(H,11,13). The Morgan fingerprint density at radius 3 is 2.38 bits per heavy atom. The van der Waals surface area contributed by atoms with Crippen molar-refractivity contribution >= 4 is 11.7 Å². The van der Waals surface area contributed by atoms with Gasteiger partial charge >= 0.3 is 0 Å². The highest BCUT2D eigenvalue weighted by Gasteiger charge is 2.08. The maximum Gasteiger partial charge on any atom is 0.220 e. The Hall–Kier alpha value is -0.860. The van der Waals surface area contributed by atoms with E-state index in [9.17, 15) is 9.59 Å². The lowest BCUT2D eigenvalue weighted by Crippen LogP contribution is -2.31. The zero-order valence-corrected chi connectivity index (χ0v) is 8.72. The number of amides is 1. The number of carbonyl (C=O) groups is 2. The normalized spacial score (nSPS) is 10.2. The smallest absolute Gasteiger partial charge is 0.220 e. The molecule has 0 aromatic heterocycles. The predicted octanol–water partition coefficient (Wildman–Crippen LogP) is 1.52. The van der Waals surface area contributed by atoms with Crippen LogP contribution in [-0.4, -0.2) is 18.2 Å². The van der Waals surface area contributed by atoms with Gasteiger partial charge in [-0.25, -0.2) is 0 Å². The van der Waals surface area contributed by atoms with Gasteiger partial charge in [0.1, 0.15) is 0 Å². The summed E-state index contributed by atoms with van der Waals surface area (Å²) in [5, 5.41) is 2.61. The molecule has 0 rings (SSSR count). The summed E-state index contributed by atoms with van der Waals surface area (Å²) < 4.78 is 0. The van der Waals surface area contributed by atoms with Crippen molar-refractivity contribution in [3.05, 3.63) is 0 Å². The Balaban J connectivity index is 3.52. The van der Waals surface area contributed by atoms with Gasteiger partial charge in [-0.3, -0.25) is 9.59 Å². The molecular weight excluding hydrogens is 166 g/mol. The van der Waals surface area contributed by atoms with Gasteiger partial charge in [-0.15, -0.1) is 0 Å². The summed E-state index contributed by atoms with van der Waals surface area (Å²) in [6.07, 6.45) is 2.43. The van der Waals surface area contributed by atoms with Gasteiger partial charge in [0.2, 0.25) is 5.91 Å². The highest BCUT2D eigenvalue weighted by atomic mass is 16.2. The molecule has 76 valence electrons. The van der Waals surface area contributed by atoms with E-state index >= 15 is 0 Å². The van der Waals surface area contributed by atoms with Gasteiger partial charge in [0.25, 0.3) is 0 Å². The van der Waals surface area contributed by atoms with Crippen molar-refractivity contribution in [2.24, 2.45) is 5.92 Å². The van der Waals surface area contributed by atoms with Crippen LogP contribution in [0.4, 0.5) is 0 Å². The van der Waals surface area contributed by atoms with E-state index in [0.717, 1.165) is 12.8 Å². The van der Waals surface area contributed by atoms with Crippen molar-refractivity contribution in [3.63, 3.8) is 0 Å². The molecule has 0 unspecified atom stereocenters. The number of carbonyl (C=O) groups excluding carboxylic acids is 2. The van der Waals surface area contributed by atoms with Crippen LogP contribution in [0.1, 0.15) is 40.0 Å². The number of Topliss-reactive ketones (excluding diaryl/α,β-unsaturated/α-hetero) is 1. The minimum absolute atomic E-state index is 0.00600. The van der Waals surface area contributed by atoms with Gasteiger partial charge in [0.05, 0.1) is 6.54 Å². The molecule has 0 radical (unpaired) electrons. The number of rotatable bonds is 6. The molecule has 13 heavy (non-hydrogen) atoms. The minimum Gasteiger partial charge on any atom is -0.349 e. The van der Waals surface area contributed by atoms with Crippen LogP contribution < -0.4 is 5.32 Å². The fraction of sp³-hybridized carbons (Fsp3) is 0.800. The monoisotopic (exact) mass is 185 g/mol. The fourth-order valence-electron chi connectivity index (χ4n) is 0.816. The van der Waals surface area contributed by atoms with E-state index in [-0.39, 0.29) is 24.2 Å². The summed E-state index contributed by atoms with van der Waals surface area (Å²) in [4.78, 5) is 22.2. The number of unbranched alkanes of at least 4 members (excludes halogenated alkanes) is 1. The fourth-order valence-corrected chi connectivity index (χ4v) is 0.816. The predicted molar refractivity (Wildman–Crippen MR) is 52.4 cm³/mol. The van der Waals surface area contributed by atoms with E-state index in [1.165, 1.54) is 0 Å². The molecule has 0 atom stereocenters. The zero-order valence-electron chi connectivity index (χ0n) is 8.72. The van der Waals surface area contributed by atoms with Crippen LogP contribution in [0.5, 0.6) is 0 Å². The zero-order chi connectivity index (χ0) is 10.3. The van der Waals surface area contributed by atoms with Crippen LogP contribution in [0.25, 0.3) is 0 Å². The van der Waals surface area contributed by atoms with Gasteiger partial charge < -0.3 is 5.32 Å². The number of hydrogen-bond donors (Lipinski definition) is 1. The summed E-state index contributed by atoms with van der Waals surface area (Å²) in [7, 11) is 0. The lowest BCUT2D eigenvalue weighted by atomic mass is 10.1. The highest BCUT2D eigenvalue weighted by molar-refractivity contribution is 5.87. The van der Waals surface area contributed by atoms with Gasteiger partial charge in [0.15, 0.2) is 5.78 Å². The topological polar surface area (TPSA) is 46.2 Å². The number of hydrogen-bond acceptors (Lipinski definition) is 2. The highest BCUT2D eigenvalue weighted by Crippen LogP contribution is 1.95. The third-order valence-electron chi connectivity index (χ3n) is 1.86. The van der Waals surface area contributed by atoms with E-state index in [0.29, 0.717) is 6.42 Å². The maximum absolute atomic E-state index is 11.1. The Morgan fingerprint density at radius 1 is 1.31 bits per heavy atom. The molecule has 0 bridgehead atoms. The van der Waals surface area contributed by atoms with Gasteiger partial charge in [-0.2, -0.15) is 0 Å². The molecule has 0 aliphatic rings. The molecular formula is C10H19NO2. The van der Waals surface area contributed by atoms with Crippen LogP contribution in [0.3, 0.4) is 0 Å². The molecule has 0 aromatic rings. The van der Waals surface area contributed by atoms with E-state index in [1.54, 1.807) is 0 Å².